The third-order valence-electron chi connectivity index (χ3n) is 4.83. The summed E-state index contributed by atoms with van der Waals surface area (Å²) in [7, 11) is 0. The smallest absolute Gasteiger partial charge is 0.230 e. The van der Waals surface area contributed by atoms with Gasteiger partial charge in [-0.05, 0) is 32.6 Å². The Labute approximate surface area is 137 Å². The molecule has 0 unspecified atom stereocenters. The van der Waals surface area contributed by atoms with Crippen LogP contribution in [-0.4, -0.2) is 66.3 Å². The lowest BCUT2D eigenvalue weighted by Gasteiger charge is -2.37. The standard InChI is InChI=1S/C17H27N3O3/c1-14-12-16(23-18-14)13-17(21)20-6-3-2-4-15(20)5-7-19-8-10-22-11-9-19/h12,15H,2-11,13H2,1H3/t15-/m0/s1. The number of hydrogen-bond donors (Lipinski definition) is 0. The zero-order chi connectivity index (χ0) is 16.1. The predicted octanol–water partition coefficient (Wildman–Crippen LogP) is 1.63. The highest BCUT2D eigenvalue weighted by molar-refractivity contribution is 5.78. The molecular formula is C17H27N3O3. The number of aryl methyl sites for hydroxylation is 1. The SMILES string of the molecule is Cc1cc(CC(=O)N2CCCC[C@H]2CCN2CCOCC2)on1. The van der Waals surface area contributed by atoms with E-state index in [1.54, 1.807) is 0 Å². The molecule has 128 valence electrons. The van der Waals surface area contributed by atoms with Gasteiger partial charge in [-0.3, -0.25) is 9.69 Å². The van der Waals surface area contributed by atoms with Gasteiger partial charge in [-0.2, -0.15) is 0 Å². The molecular weight excluding hydrogens is 294 g/mol. The van der Waals surface area contributed by atoms with Crippen LogP contribution in [-0.2, 0) is 16.0 Å². The average molecular weight is 321 g/mol. The number of ether oxygens (including phenoxy) is 1. The summed E-state index contributed by atoms with van der Waals surface area (Å²) in [5, 5.41) is 3.87. The van der Waals surface area contributed by atoms with E-state index >= 15 is 0 Å². The van der Waals surface area contributed by atoms with Crippen LogP contribution in [0, 0.1) is 6.92 Å². The van der Waals surface area contributed by atoms with E-state index in [1.807, 2.05) is 13.0 Å². The Morgan fingerprint density at radius 1 is 1.30 bits per heavy atom. The van der Waals surface area contributed by atoms with Crippen LogP contribution in [0.4, 0.5) is 0 Å². The monoisotopic (exact) mass is 321 g/mol. The summed E-state index contributed by atoms with van der Waals surface area (Å²) < 4.78 is 10.6. The maximum Gasteiger partial charge on any atom is 0.230 e. The van der Waals surface area contributed by atoms with Gasteiger partial charge in [0.25, 0.3) is 0 Å². The van der Waals surface area contributed by atoms with Gasteiger partial charge in [-0.1, -0.05) is 5.16 Å². The summed E-state index contributed by atoms with van der Waals surface area (Å²) in [5.41, 5.74) is 0.829. The van der Waals surface area contributed by atoms with Crippen LogP contribution < -0.4 is 0 Å². The molecule has 3 heterocycles. The summed E-state index contributed by atoms with van der Waals surface area (Å²) in [5.74, 6) is 0.845. The van der Waals surface area contributed by atoms with Crippen molar-refractivity contribution >= 4 is 5.91 Å². The first-order valence-corrected chi connectivity index (χ1v) is 8.74. The largest absolute Gasteiger partial charge is 0.379 e. The number of carbonyl (C=O) groups is 1. The summed E-state index contributed by atoms with van der Waals surface area (Å²) in [6.07, 6.45) is 4.83. The van der Waals surface area contributed by atoms with E-state index in [0.29, 0.717) is 18.2 Å². The maximum atomic E-state index is 12.6. The quantitative estimate of drug-likeness (QED) is 0.825. The second-order valence-corrected chi connectivity index (χ2v) is 6.59. The first kappa shape index (κ1) is 16.5. The Bertz CT molecular complexity index is 511. The number of amides is 1. The van der Waals surface area contributed by atoms with E-state index in [2.05, 4.69) is 15.0 Å². The molecule has 6 heteroatoms. The fourth-order valence-corrected chi connectivity index (χ4v) is 3.54. The molecule has 0 aliphatic carbocycles. The van der Waals surface area contributed by atoms with Crippen LogP contribution in [0.1, 0.15) is 37.1 Å². The zero-order valence-corrected chi connectivity index (χ0v) is 14.0. The van der Waals surface area contributed by atoms with Gasteiger partial charge >= 0.3 is 0 Å². The predicted molar refractivity (Wildman–Crippen MR) is 86.2 cm³/mol. The van der Waals surface area contributed by atoms with Gasteiger partial charge in [0.2, 0.25) is 5.91 Å². The highest BCUT2D eigenvalue weighted by Gasteiger charge is 2.27. The Morgan fingerprint density at radius 3 is 2.87 bits per heavy atom. The molecule has 23 heavy (non-hydrogen) atoms. The molecule has 0 N–H and O–H groups in total. The molecule has 1 amide bonds. The lowest BCUT2D eigenvalue weighted by Crippen LogP contribution is -2.46. The van der Waals surface area contributed by atoms with Crippen molar-refractivity contribution in [1.82, 2.24) is 15.0 Å². The van der Waals surface area contributed by atoms with Crippen molar-refractivity contribution in [2.75, 3.05) is 39.4 Å². The molecule has 2 saturated heterocycles. The highest BCUT2D eigenvalue weighted by atomic mass is 16.5. The average Bonchev–Trinajstić information content (AvgIpc) is 2.99. The normalized spacial score (nSPS) is 23.2. The van der Waals surface area contributed by atoms with Crippen molar-refractivity contribution in [2.45, 2.75) is 45.1 Å². The highest BCUT2D eigenvalue weighted by Crippen LogP contribution is 2.21. The molecule has 2 aliphatic rings. The van der Waals surface area contributed by atoms with Crippen molar-refractivity contribution in [3.05, 3.63) is 17.5 Å². The van der Waals surface area contributed by atoms with Gasteiger partial charge in [0.15, 0.2) is 0 Å². The minimum Gasteiger partial charge on any atom is -0.379 e. The second-order valence-electron chi connectivity index (χ2n) is 6.59. The number of piperidine rings is 1. The van der Waals surface area contributed by atoms with Gasteiger partial charge in [0, 0.05) is 38.3 Å². The number of rotatable bonds is 5. The molecule has 3 rings (SSSR count). The first-order chi connectivity index (χ1) is 11.2. The van der Waals surface area contributed by atoms with Crippen LogP contribution in [0.25, 0.3) is 0 Å². The number of carbonyl (C=O) groups excluding carboxylic acids is 1. The van der Waals surface area contributed by atoms with E-state index in [0.717, 1.165) is 64.3 Å². The molecule has 0 radical (unpaired) electrons. The molecule has 1 aromatic heterocycles. The van der Waals surface area contributed by atoms with Crippen molar-refractivity contribution in [1.29, 1.82) is 0 Å². The van der Waals surface area contributed by atoms with Crippen LogP contribution in [0.15, 0.2) is 10.6 Å². The summed E-state index contributed by atoms with van der Waals surface area (Å²) >= 11 is 0. The number of nitrogens with zero attached hydrogens (tertiary/aromatic N) is 3. The molecule has 1 aromatic rings. The molecule has 0 spiro atoms. The molecule has 0 aromatic carbocycles. The number of hydrogen-bond acceptors (Lipinski definition) is 5. The summed E-state index contributed by atoms with van der Waals surface area (Å²) in [4.78, 5) is 17.2. The number of morpholine rings is 1. The first-order valence-electron chi connectivity index (χ1n) is 8.74. The van der Waals surface area contributed by atoms with E-state index in [1.165, 1.54) is 6.42 Å². The molecule has 2 aliphatic heterocycles. The van der Waals surface area contributed by atoms with Crippen LogP contribution >= 0.6 is 0 Å². The zero-order valence-electron chi connectivity index (χ0n) is 14.0. The Balaban J connectivity index is 1.53. The lowest BCUT2D eigenvalue weighted by molar-refractivity contribution is -0.134. The van der Waals surface area contributed by atoms with Gasteiger partial charge in [0.1, 0.15) is 5.76 Å². The topological polar surface area (TPSA) is 58.8 Å². The molecule has 2 fully saturated rings. The molecule has 0 saturated carbocycles. The fraction of sp³-hybridized carbons (Fsp3) is 0.765. The number of likely N-dealkylation sites (tertiary alicyclic amines) is 1. The van der Waals surface area contributed by atoms with E-state index in [4.69, 9.17) is 9.26 Å². The van der Waals surface area contributed by atoms with E-state index in [-0.39, 0.29) is 5.91 Å². The molecule has 0 bridgehead atoms. The van der Waals surface area contributed by atoms with Crippen molar-refractivity contribution in [3.8, 4) is 0 Å². The van der Waals surface area contributed by atoms with Gasteiger partial charge < -0.3 is 14.2 Å². The Kier molecular flexibility index (Phi) is 5.67. The van der Waals surface area contributed by atoms with Gasteiger partial charge in [-0.25, -0.2) is 0 Å². The lowest BCUT2D eigenvalue weighted by atomic mass is 9.98. The minimum atomic E-state index is 0.174. The minimum absolute atomic E-state index is 0.174. The third kappa shape index (κ3) is 4.54. The van der Waals surface area contributed by atoms with E-state index in [9.17, 15) is 4.79 Å². The third-order valence-corrected chi connectivity index (χ3v) is 4.83. The Hall–Kier alpha value is -1.40. The van der Waals surface area contributed by atoms with Gasteiger partial charge in [-0.15, -0.1) is 0 Å². The maximum absolute atomic E-state index is 12.6. The summed E-state index contributed by atoms with van der Waals surface area (Å²) in [6, 6.07) is 2.22. The Morgan fingerprint density at radius 2 is 2.13 bits per heavy atom. The van der Waals surface area contributed by atoms with Crippen LogP contribution in [0.3, 0.4) is 0 Å². The van der Waals surface area contributed by atoms with Crippen LogP contribution in [0.5, 0.6) is 0 Å². The molecule has 6 nitrogen and oxygen atoms in total. The van der Waals surface area contributed by atoms with Gasteiger partial charge in [0.05, 0.1) is 25.3 Å². The molecule has 1 atom stereocenters. The van der Waals surface area contributed by atoms with Crippen LogP contribution in [0.2, 0.25) is 0 Å². The van der Waals surface area contributed by atoms with Crippen molar-refractivity contribution < 1.29 is 14.1 Å². The number of aromatic nitrogens is 1. The summed E-state index contributed by atoms with van der Waals surface area (Å²) in [6.45, 7) is 7.49. The second kappa shape index (κ2) is 7.93. The fourth-order valence-electron chi connectivity index (χ4n) is 3.54. The van der Waals surface area contributed by atoms with Crippen molar-refractivity contribution in [3.63, 3.8) is 0 Å². The van der Waals surface area contributed by atoms with Crippen molar-refractivity contribution in [2.24, 2.45) is 0 Å². The van der Waals surface area contributed by atoms with E-state index < -0.39 is 0 Å².